The molecule has 0 radical (unpaired) electrons. The molecule has 73 valence electrons. The van der Waals surface area contributed by atoms with E-state index in [4.69, 9.17) is 12.1 Å². The first kappa shape index (κ1) is 14.9. The van der Waals surface area contributed by atoms with Crippen molar-refractivity contribution in [1.82, 2.24) is 0 Å². The van der Waals surface area contributed by atoms with E-state index in [9.17, 15) is 0 Å². The molecule has 0 aromatic rings. The van der Waals surface area contributed by atoms with Gasteiger partial charge in [-0.15, -0.1) is 0 Å². The molecule has 1 atom stereocenters. The van der Waals surface area contributed by atoms with Crippen molar-refractivity contribution in [3.8, 4) is 0 Å². The zero-order chi connectivity index (χ0) is 9.82. The zero-order valence-electron chi connectivity index (χ0n) is 7.92. The van der Waals surface area contributed by atoms with Crippen LogP contribution in [0.3, 0.4) is 0 Å². The van der Waals surface area contributed by atoms with E-state index in [-0.39, 0.29) is 6.10 Å². The van der Waals surface area contributed by atoms with Gasteiger partial charge in [-0.1, -0.05) is 33.1 Å². The quantitative estimate of drug-likeness (QED) is 0.537. The molecule has 0 fully saturated rings. The predicted molar refractivity (Wildman–Crippen MR) is 43.3 cm³/mol. The molecule has 0 aliphatic carbocycles. The summed E-state index contributed by atoms with van der Waals surface area (Å²) in [5.74, 6) is 0. The Labute approximate surface area is 83.9 Å². The maximum absolute atomic E-state index is 9.08. The van der Waals surface area contributed by atoms with E-state index >= 15 is 0 Å². The third kappa shape index (κ3) is 16.8. The summed E-state index contributed by atoms with van der Waals surface area (Å²) in [6.45, 7) is 4.20. The van der Waals surface area contributed by atoms with Crippen molar-refractivity contribution in [2.75, 3.05) is 0 Å². The Morgan fingerprint density at radius 3 is 2.17 bits per heavy atom. The van der Waals surface area contributed by atoms with E-state index in [1.54, 1.807) is 0 Å². The number of hydrogen-bond acceptors (Lipinski definition) is 2. The molecule has 0 saturated carbocycles. The first-order valence-corrected chi connectivity index (χ1v) is 5.75. The van der Waals surface area contributed by atoms with Gasteiger partial charge in [0, 0.05) is 0 Å². The number of unbranched alkanes of at least 4 members (excludes halogenated alkanes) is 2. The van der Waals surface area contributed by atoms with Crippen LogP contribution in [0.5, 0.6) is 0 Å². The fraction of sp³-hybridized carbons (Fsp3) is 1.00. The summed E-state index contributed by atoms with van der Waals surface area (Å²) in [5.41, 5.74) is 0. The molecule has 0 bridgehead atoms. The first-order chi connectivity index (χ1) is 5.72. The van der Waals surface area contributed by atoms with Crippen molar-refractivity contribution in [1.29, 1.82) is 0 Å². The summed E-state index contributed by atoms with van der Waals surface area (Å²) in [5, 5.41) is 9.08. The first-order valence-electron chi connectivity index (χ1n) is 4.42. The van der Waals surface area contributed by atoms with Gasteiger partial charge in [0.25, 0.3) is 0 Å². The van der Waals surface area contributed by atoms with Crippen LogP contribution in [0.15, 0.2) is 0 Å². The molecule has 0 saturated heterocycles. The summed E-state index contributed by atoms with van der Waals surface area (Å²) < 4.78 is 15.8. The molecule has 1 unspecified atom stereocenters. The van der Waals surface area contributed by atoms with Gasteiger partial charge in [0.2, 0.25) is 0 Å². The van der Waals surface area contributed by atoms with E-state index in [2.05, 4.69) is 6.92 Å². The van der Waals surface area contributed by atoms with Crippen LogP contribution in [-0.4, -0.2) is 14.9 Å². The molecule has 0 aromatic heterocycles. The Bertz CT molecular complexity index is 88.4. The van der Waals surface area contributed by atoms with E-state index in [1.807, 2.05) is 6.92 Å². The van der Waals surface area contributed by atoms with Crippen LogP contribution in [0.4, 0.5) is 0 Å². The van der Waals surface area contributed by atoms with Crippen LogP contribution < -0.4 is 0 Å². The van der Waals surface area contributed by atoms with Crippen molar-refractivity contribution in [2.45, 2.75) is 52.1 Å². The Hall–Kier alpha value is 0.434. The summed E-state index contributed by atoms with van der Waals surface area (Å²) in [4.78, 5) is 0. The van der Waals surface area contributed by atoms with E-state index in [0.717, 1.165) is 12.8 Å². The Morgan fingerprint density at radius 1 is 1.33 bits per heavy atom. The normalized spacial score (nSPS) is 11.0. The second kappa shape index (κ2) is 14.0. The molecule has 3 nitrogen and oxygen atoms in total. The van der Waals surface area contributed by atoms with Gasteiger partial charge >= 0.3 is 26.5 Å². The summed E-state index contributed by atoms with van der Waals surface area (Å²) in [6.07, 6.45) is 5.55. The van der Waals surface area contributed by atoms with E-state index < -0.39 is 19.5 Å². The standard InChI is InChI=1S/C8H18O.H2O.O.Ti/c1-3-5-6-7-8(9)4-2;;;/h8-9H,3-7H2,1-2H3;1H2;;/q;;;+1/p-1. The minimum absolute atomic E-state index is 0.0449. The molecular weight excluding hydrogens is 192 g/mol. The molecule has 12 heavy (non-hydrogen) atoms. The van der Waals surface area contributed by atoms with Crippen LogP contribution in [0.1, 0.15) is 46.0 Å². The van der Waals surface area contributed by atoms with Crippen molar-refractivity contribution in [2.24, 2.45) is 0 Å². The fourth-order valence-electron chi connectivity index (χ4n) is 0.834. The van der Waals surface area contributed by atoms with Crippen molar-refractivity contribution in [3.05, 3.63) is 0 Å². The van der Waals surface area contributed by atoms with Gasteiger partial charge in [0.1, 0.15) is 0 Å². The van der Waals surface area contributed by atoms with Gasteiger partial charge in [-0.2, -0.15) is 0 Å². The van der Waals surface area contributed by atoms with E-state index in [1.165, 1.54) is 19.3 Å². The van der Waals surface area contributed by atoms with Crippen LogP contribution in [-0.2, 0) is 22.8 Å². The maximum atomic E-state index is 9.08. The monoisotopic (exact) mass is 211 g/mol. The van der Waals surface area contributed by atoms with Crippen molar-refractivity contribution < 1.29 is 31.6 Å². The zero-order valence-corrected chi connectivity index (χ0v) is 9.48. The Balaban J connectivity index is 0. The molecule has 0 heterocycles. The molecule has 0 aromatic carbocycles. The van der Waals surface area contributed by atoms with E-state index in [0.29, 0.717) is 0 Å². The summed E-state index contributed by atoms with van der Waals surface area (Å²) in [7, 11) is 0. The molecule has 0 aliphatic heterocycles. The number of hydrogen-bond donors (Lipinski definition) is 2. The van der Waals surface area contributed by atoms with Crippen LogP contribution in [0.2, 0.25) is 0 Å². The van der Waals surface area contributed by atoms with Gasteiger partial charge in [0.15, 0.2) is 0 Å². The molecule has 0 aliphatic rings. The average molecular weight is 211 g/mol. The second-order valence-corrected chi connectivity index (χ2v) is 2.93. The van der Waals surface area contributed by atoms with Gasteiger partial charge in [-0.3, -0.25) is 0 Å². The molecule has 0 spiro atoms. The SMILES string of the molecule is CCCCCC(O)CC.[O]=[Ti][OH]. The topological polar surface area (TPSA) is 57.5 Å². The average Bonchev–Trinajstić information content (AvgIpc) is 2.06. The molecular formula is C8H19O3Ti. The van der Waals surface area contributed by atoms with Crippen molar-refractivity contribution in [3.63, 3.8) is 0 Å². The van der Waals surface area contributed by atoms with Crippen LogP contribution >= 0.6 is 0 Å². The number of aliphatic hydroxyl groups excluding tert-OH is 1. The van der Waals surface area contributed by atoms with Crippen molar-refractivity contribution >= 4 is 0 Å². The predicted octanol–water partition coefficient (Wildman–Crippen LogP) is 1.66. The van der Waals surface area contributed by atoms with Gasteiger partial charge in [-0.25, -0.2) is 0 Å². The third-order valence-electron chi connectivity index (χ3n) is 1.61. The molecule has 0 rings (SSSR count). The number of aliphatic hydroxyl groups is 1. The Kier molecular flexibility index (Phi) is 17.4. The summed E-state index contributed by atoms with van der Waals surface area (Å²) >= 11 is -1.75. The Morgan fingerprint density at radius 2 is 1.83 bits per heavy atom. The van der Waals surface area contributed by atoms with Gasteiger partial charge < -0.3 is 5.11 Å². The third-order valence-corrected chi connectivity index (χ3v) is 1.61. The minimum atomic E-state index is -1.75. The molecule has 0 amide bonds. The molecule has 2 N–H and O–H groups in total. The fourth-order valence-corrected chi connectivity index (χ4v) is 0.834. The second-order valence-electron chi connectivity index (χ2n) is 2.65. The molecule has 4 heteroatoms. The van der Waals surface area contributed by atoms with Crippen LogP contribution in [0.25, 0.3) is 0 Å². The van der Waals surface area contributed by atoms with Crippen LogP contribution in [0, 0.1) is 0 Å². The summed E-state index contributed by atoms with van der Waals surface area (Å²) in [6, 6.07) is 0. The van der Waals surface area contributed by atoms with Gasteiger partial charge in [-0.05, 0) is 12.8 Å². The van der Waals surface area contributed by atoms with Gasteiger partial charge in [0.05, 0.1) is 6.10 Å². The number of rotatable bonds is 5.